The third-order valence-corrected chi connectivity index (χ3v) is 4.41. The Hall–Kier alpha value is -2.60. The Bertz CT molecular complexity index is 838. The zero-order valence-corrected chi connectivity index (χ0v) is 13.1. The minimum absolute atomic E-state index is 0.301. The van der Waals surface area contributed by atoms with Crippen molar-refractivity contribution in [2.24, 2.45) is 0 Å². The molecule has 5 nitrogen and oxygen atoms in total. The highest BCUT2D eigenvalue weighted by molar-refractivity contribution is 8.18. The lowest BCUT2D eigenvalue weighted by atomic mass is 10.0. The van der Waals surface area contributed by atoms with E-state index in [-0.39, 0.29) is 6.54 Å². The van der Waals surface area contributed by atoms with E-state index < -0.39 is 17.1 Å². The Morgan fingerprint density at radius 3 is 2.70 bits per heavy atom. The summed E-state index contributed by atoms with van der Waals surface area (Å²) < 4.78 is 4.51. The van der Waals surface area contributed by atoms with Gasteiger partial charge in [-0.1, -0.05) is 42.5 Å². The van der Waals surface area contributed by atoms with Crippen LogP contribution in [0.4, 0.5) is 4.79 Å². The van der Waals surface area contributed by atoms with Gasteiger partial charge in [0.15, 0.2) is 0 Å². The predicted octanol–water partition coefficient (Wildman–Crippen LogP) is 3.05. The third-order valence-electron chi connectivity index (χ3n) is 3.50. The van der Waals surface area contributed by atoms with E-state index in [1.165, 1.54) is 7.11 Å². The van der Waals surface area contributed by atoms with Crippen molar-refractivity contribution in [3.63, 3.8) is 0 Å². The summed E-state index contributed by atoms with van der Waals surface area (Å²) in [6.07, 6.45) is 1.69. The van der Waals surface area contributed by atoms with Gasteiger partial charge in [0, 0.05) is 0 Å². The second kappa shape index (κ2) is 6.26. The zero-order chi connectivity index (χ0) is 16.4. The van der Waals surface area contributed by atoms with E-state index in [2.05, 4.69) is 4.74 Å². The van der Waals surface area contributed by atoms with Crippen LogP contribution in [-0.2, 0) is 14.3 Å². The van der Waals surface area contributed by atoms with Gasteiger partial charge in [0.05, 0.1) is 12.0 Å². The minimum atomic E-state index is -0.626. The first-order valence-corrected chi connectivity index (χ1v) is 7.72. The highest BCUT2D eigenvalue weighted by Gasteiger charge is 2.36. The van der Waals surface area contributed by atoms with Crippen LogP contribution in [0.15, 0.2) is 47.4 Å². The van der Waals surface area contributed by atoms with Crippen molar-refractivity contribution in [1.29, 1.82) is 0 Å². The number of imide groups is 1. The Morgan fingerprint density at radius 2 is 1.91 bits per heavy atom. The summed E-state index contributed by atoms with van der Waals surface area (Å²) in [6, 6.07) is 13.6. The van der Waals surface area contributed by atoms with E-state index >= 15 is 0 Å². The van der Waals surface area contributed by atoms with Gasteiger partial charge in [-0.25, -0.2) is 0 Å². The van der Waals surface area contributed by atoms with Crippen molar-refractivity contribution in [2.75, 3.05) is 13.7 Å². The van der Waals surface area contributed by atoms with Gasteiger partial charge >= 0.3 is 5.97 Å². The number of ether oxygens (including phenoxy) is 1. The summed E-state index contributed by atoms with van der Waals surface area (Å²) in [5.74, 6) is -1.10. The van der Waals surface area contributed by atoms with Crippen molar-refractivity contribution in [3.8, 4) is 0 Å². The molecule has 2 amide bonds. The Balaban J connectivity index is 1.95. The molecule has 0 radical (unpaired) electrons. The first-order chi connectivity index (χ1) is 11.1. The van der Waals surface area contributed by atoms with Crippen LogP contribution in [0.25, 0.3) is 16.8 Å². The van der Waals surface area contributed by atoms with Crippen molar-refractivity contribution in [2.45, 2.75) is 0 Å². The molecule has 0 bridgehead atoms. The molecule has 0 unspecified atom stereocenters. The Kier molecular flexibility index (Phi) is 4.16. The number of esters is 1. The van der Waals surface area contributed by atoms with Crippen molar-refractivity contribution < 1.29 is 19.1 Å². The number of amides is 2. The molecule has 1 fully saturated rings. The molecule has 0 N–H and O–H groups in total. The standard InChI is InChI=1S/C17H13NO4S/c1-22-15(19)10-18-16(20)14(23-17(18)21)9-12-7-4-6-11-5-2-3-8-13(11)12/h2-9H,10H2,1H3/b14-9-. The van der Waals surface area contributed by atoms with Crippen molar-refractivity contribution in [1.82, 2.24) is 4.90 Å². The van der Waals surface area contributed by atoms with E-state index in [4.69, 9.17) is 0 Å². The SMILES string of the molecule is COC(=O)CN1C(=O)S/C(=C\c2cccc3ccccc23)C1=O. The second-order valence-corrected chi connectivity index (χ2v) is 5.91. The molecule has 116 valence electrons. The lowest BCUT2D eigenvalue weighted by Gasteiger charge is -2.09. The number of methoxy groups -OCH3 is 1. The zero-order valence-electron chi connectivity index (χ0n) is 12.3. The predicted molar refractivity (Wildman–Crippen MR) is 88.6 cm³/mol. The van der Waals surface area contributed by atoms with E-state index in [1.54, 1.807) is 6.08 Å². The molecule has 0 aromatic heterocycles. The van der Waals surface area contributed by atoms with Crippen LogP contribution in [-0.4, -0.2) is 35.7 Å². The maximum atomic E-state index is 12.3. The number of benzene rings is 2. The maximum Gasteiger partial charge on any atom is 0.325 e. The van der Waals surface area contributed by atoms with Crippen LogP contribution in [0.5, 0.6) is 0 Å². The highest BCUT2D eigenvalue weighted by Crippen LogP contribution is 2.33. The minimum Gasteiger partial charge on any atom is -0.468 e. The first-order valence-electron chi connectivity index (χ1n) is 6.90. The molecule has 1 heterocycles. The normalized spacial score (nSPS) is 16.4. The summed E-state index contributed by atoms with van der Waals surface area (Å²) in [5, 5.41) is 1.58. The van der Waals surface area contributed by atoms with Gasteiger partial charge < -0.3 is 4.74 Å². The highest BCUT2D eigenvalue weighted by atomic mass is 32.2. The van der Waals surface area contributed by atoms with Gasteiger partial charge in [-0.15, -0.1) is 0 Å². The summed E-state index contributed by atoms with van der Waals surface area (Å²) in [6.45, 7) is -0.367. The average molecular weight is 327 g/mol. The van der Waals surface area contributed by atoms with Crippen LogP contribution in [0.3, 0.4) is 0 Å². The topological polar surface area (TPSA) is 63.7 Å². The molecule has 2 aromatic carbocycles. The van der Waals surface area contributed by atoms with Crippen LogP contribution >= 0.6 is 11.8 Å². The van der Waals surface area contributed by atoms with Crippen LogP contribution in [0, 0.1) is 0 Å². The summed E-state index contributed by atoms with van der Waals surface area (Å²) in [7, 11) is 1.22. The number of nitrogens with zero attached hydrogens (tertiary/aromatic N) is 1. The lowest BCUT2D eigenvalue weighted by Crippen LogP contribution is -2.34. The fourth-order valence-electron chi connectivity index (χ4n) is 2.35. The molecule has 0 saturated carbocycles. The summed E-state index contributed by atoms with van der Waals surface area (Å²) in [4.78, 5) is 36.7. The molecule has 0 spiro atoms. The van der Waals surface area contributed by atoms with Crippen LogP contribution in [0.2, 0.25) is 0 Å². The second-order valence-electron chi connectivity index (χ2n) is 4.91. The van der Waals surface area contributed by atoms with Gasteiger partial charge in [-0.2, -0.15) is 0 Å². The van der Waals surface area contributed by atoms with Gasteiger partial charge in [0.1, 0.15) is 6.54 Å². The number of rotatable bonds is 3. The lowest BCUT2D eigenvalue weighted by molar-refractivity contribution is -0.143. The molecular formula is C17H13NO4S. The van der Waals surface area contributed by atoms with Gasteiger partial charge in [0.2, 0.25) is 0 Å². The molecule has 1 saturated heterocycles. The molecule has 3 rings (SSSR count). The number of thioether (sulfide) groups is 1. The Morgan fingerprint density at radius 1 is 1.17 bits per heavy atom. The Labute approximate surface area is 136 Å². The molecule has 0 aliphatic carbocycles. The largest absolute Gasteiger partial charge is 0.468 e. The number of hydrogen-bond donors (Lipinski definition) is 0. The molecule has 6 heteroatoms. The van der Waals surface area contributed by atoms with E-state index in [0.29, 0.717) is 4.91 Å². The monoisotopic (exact) mass is 327 g/mol. The quantitative estimate of drug-likeness (QED) is 0.640. The summed E-state index contributed by atoms with van der Waals surface area (Å²) >= 11 is 0.828. The molecule has 23 heavy (non-hydrogen) atoms. The fraction of sp³-hybridized carbons (Fsp3) is 0.118. The van der Waals surface area contributed by atoms with E-state index in [1.807, 2.05) is 42.5 Å². The van der Waals surface area contributed by atoms with Crippen LogP contribution < -0.4 is 0 Å². The molecule has 1 aliphatic rings. The smallest absolute Gasteiger partial charge is 0.325 e. The van der Waals surface area contributed by atoms with Crippen LogP contribution in [0.1, 0.15) is 5.56 Å². The first kappa shape index (κ1) is 15.3. The molecule has 2 aromatic rings. The van der Waals surface area contributed by atoms with Crippen molar-refractivity contribution in [3.05, 3.63) is 52.9 Å². The summed E-state index contributed by atoms with van der Waals surface area (Å²) in [5.41, 5.74) is 0.853. The van der Waals surface area contributed by atoms with Gasteiger partial charge in [-0.3, -0.25) is 19.3 Å². The molecule has 0 atom stereocenters. The van der Waals surface area contributed by atoms with Crippen molar-refractivity contribution >= 4 is 45.7 Å². The number of carbonyl (C=O) groups is 3. The average Bonchev–Trinajstić information content (AvgIpc) is 2.82. The van der Waals surface area contributed by atoms with E-state index in [9.17, 15) is 14.4 Å². The molecular weight excluding hydrogens is 314 g/mol. The number of carbonyl (C=O) groups excluding carboxylic acids is 3. The fourth-order valence-corrected chi connectivity index (χ4v) is 3.18. The number of hydrogen-bond acceptors (Lipinski definition) is 5. The maximum absolute atomic E-state index is 12.3. The van der Waals surface area contributed by atoms with Gasteiger partial charge in [-0.05, 0) is 34.2 Å². The number of fused-ring (bicyclic) bond motifs is 1. The van der Waals surface area contributed by atoms with E-state index in [0.717, 1.165) is 33.0 Å². The van der Waals surface area contributed by atoms with Gasteiger partial charge in [0.25, 0.3) is 11.1 Å². The third kappa shape index (κ3) is 2.98. The molecule has 1 aliphatic heterocycles.